The number of carboxylic acid groups (broad SMARTS) is 1. The Labute approximate surface area is 191 Å². The van der Waals surface area contributed by atoms with Gasteiger partial charge in [0.1, 0.15) is 10.6 Å². The van der Waals surface area contributed by atoms with Crippen molar-refractivity contribution < 1.29 is 32.6 Å². The summed E-state index contributed by atoms with van der Waals surface area (Å²) in [5, 5.41) is 12.9. The fraction of sp³-hybridized carbons (Fsp3) is 0.174. The van der Waals surface area contributed by atoms with Gasteiger partial charge in [-0.25, -0.2) is 4.98 Å². The molecule has 0 bridgehead atoms. The number of aromatic nitrogens is 1. The normalized spacial score (nSPS) is 10.8. The number of ether oxygens (including phenoxy) is 1. The number of carbonyl (C=O) groups excluding carboxylic acids is 2. The van der Waals surface area contributed by atoms with E-state index in [0.29, 0.717) is 33.8 Å². The summed E-state index contributed by atoms with van der Waals surface area (Å²) in [4.78, 5) is 26.0. The predicted octanol–water partition coefficient (Wildman–Crippen LogP) is 2.79. The van der Waals surface area contributed by atoms with Crippen molar-refractivity contribution in [3.05, 3.63) is 80.8 Å². The van der Waals surface area contributed by atoms with E-state index in [-0.39, 0.29) is 18.0 Å². The number of rotatable bonds is 6. The number of methoxy groups -OCH3 is 1. The monoisotopic (exact) mass is 473 g/mol. The minimum absolute atomic E-state index is 0.0250. The van der Waals surface area contributed by atoms with E-state index in [2.05, 4.69) is 22.1 Å². The Morgan fingerprint density at radius 1 is 1.06 bits per heavy atom. The second-order valence-electron chi connectivity index (χ2n) is 6.72. The molecule has 0 aliphatic rings. The summed E-state index contributed by atoms with van der Waals surface area (Å²) in [7, 11) is 1.51. The van der Waals surface area contributed by atoms with E-state index in [1.165, 1.54) is 31.4 Å². The van der Waals surface area contributed by atoms with Crippen molar-refractivity contribution in [3.63, 3.8) is 0 Å². The highest BCUT2D eigenvalue weighted by molar-refractivity contribution is 7.14. The fourth-order valence-electron chi connectivity index (χ4n) is 2.72. The smallest absolute Gasteiger partial charge is 0.435 e. The van der Waals surface area contributed by atoms with E-state index in [0.717, 1.165) is 0 Å². The van der Waals surface area contributed by atoms with Crippen molar-refractivity contribution in [2.75, 3.05) is 7.11 Å². The maximum Gasteiger partial charge on any atom is 0.435 e. The number of aliphatic carboxylic acids is 1. The maximum atomic E-state index is 13.4. The van der Waals surface area contributed by atoms with E-state index in [1.54, 1.807) is 24.3 Å². The largest absolute Gasteiger partial charge is 0.550 e. The van der Waals surface area contributed by atoms with Crippen LogP contribution in [-0.4, -0.2) is 24.0 Å². The summed E-state index contributed by atoms with van der Waals surface area (Å²) in [6.45, 7) is 0.0250. The second kappa shape index (κ2) is 10.2. The first-order valence-electron chi connectivity index (χ1n) is 9.45. The molecule has 33 heavy (non-hydrogen) atoms. The van der Waals surface area contributed by atoms with Crippen LogP contribution >= 0.6 is 11.3 Å². The summed E-state index contributed by atoms with van der Waals surface area (Å²) in [5.41, 5.74) is 0.342. The van der Waals surface area contributed by atoms with Gasteiger partial charge >= 0.3 is 6.18 Å². The zero-order chi connectivity index (χ0) is 24.0. The van der Waals surface area contributed by atoms with E-state index in [4.69, 9.17) is 4.74 Å². The van der Waals surface area contributed by atoms with Crippen LogP contribution in [0.2, 0.25) is 0 Å². The standard InChI is InChI=1S/C23H17F3N2O4S/c1-32-17-9-6-16(7-10-17)13-27-22(31)20-21(23(24,25)26)28-18(33-20)11-8-14-2-4-15(5-3-14)12-19(29)30/h2-7,9-10H,12-13H2,1H3,(H,27,31)(H,29,30)/p-1. The van der Waals surface area contributed by atoms with Gasteiger partial charge in [-0.1, -0.05) is 41.5 Å². The lowest BCUT2D eigenvalue weighted by Crippen LogP contribution is -2.24. The summed E-state index contributed by atoms with van der Waals surface area (Å²) >= 11 is 0.544. The van der Waals surface area contributed by atoms with Crippen LogP contribution in [0.4, 0.5) is 13.2 Å². The third-order valence-electron chi connectivity index (χ3n) is 4.33. The highest BCUT2D eigenvalue weighted by Gasteiger charge is 2.39. The Hall–Kier alpha value is -3.84. The molecule has 1 heterocycles. The Morgan fingerprint density at radius 3 is 2.27 bits per heavy atom. The molecule has 1 aromatic heterocycles. The molecule has 1 amide bonds. The third-order valence-corrected chi connectivity index (χ3v) is 5.30. The molecule has 10 heteroatoms. The lowest BCUT2D eigenvalue weighted by Gasteiger charge is -2.08. The van der Waals surface area contributed by atoms with Crippen LogP contribution in [0.25, 0.3) is 0 Å². The third kappa shape index (κ3) is 6.57. The quantitative estimate of drug-likeness (QED) is 0.556. The fourth-order valence-corrected chi connectivity index (χ4v) is 3.58. The van der Waals surface area contributed by atoms with Crippen molar-refractivity contribution in [1.29, 1.82) is 0 Å². The number of amides is 1. The molecule has 3 rings (SSSR count). The maximum absolute atomic E-state index is 13.4. The van der Waals surface area contributed by atoms with Crippen LogP contribution in [0.3, 0.4) is 0 Å². The molecule has 0 unspecified atom stereocenters. The van der Waals surface area contributed by atoms with Gasteiger partial charge in [0.25, 0.3) is 5.91 Å². The van der Waals surface area contributed by atoms with E-state index >= 15 is 0 Å². The highest BCUT2D eigenvalue weighted by atomic mass is 32.1. The Balaban J connectivity index is 1.77. The SMILES string of the molecule is COc1ccc(CNC(=O)c2sc(C#Cc3ccc(CC(=O)[O-])cc3)nc2C(F)(F)F)cc1. The Bertz CT molecular complexity index is 1210. The van der Waals surface area contributed by atoms with E-state index in [1.807, 2.05) is 0 Å². The molecule has 0 atom stereocenters. The molecular formula is C23H16F3N2O4S-. The molecule has 0 aliphatic carbocycles. The number of hydrogen-bond acceptors (Lipinski definition) is 6. The van der Waals surface area contributed by atoms with Crippen LogP contribution in [-0.2, 0) is 23.9 Å². The van der Waals surface area contributed by atoms with Crippen molar-refractivity contribution in [1.82, 2.24) is 10.3 Å². The topological polar surface area (TPSA) is 91.3 Å². The Kier molecular flexibility index (Phi) is 7.35. The molecule has 1 N–H and O–H groups in total. The average molecular weight is 473 g/mol. The van der Waals surface area contributed by atoms with Gasteiger partial charge in [-0.05, 0) is 41.3 Å². The second-order valence-corrected chi connectivity index (χ2v) is 7.72. The van der Waals surface area contributed by atoms with Gasteiger partial charge in [0.15, 0.2) is 10.7 Å². The zero-order valence-corrected chi connectivity index (χ0v) is 18.0. The van der Waals surface area contributed by atoms with Crippen LogP contribution in [0.5, 0.6) is 5.75 Å². The van der Waals surface area contributed by atoms with E-state index in [9.17, 15) is 27.9 Å². The van der Waals surface area contributed by atoms with Crippen LogP contribution in [0.1, 0.15) is 37.1 Å². The number of halogens is 3. The van der Waals surface area contributed by atoms with Gasteiger partial charge in [0.05, 0.1) is 7.11 Å². The molecule has 0 aliphatic heterocycles. The zero-order valence-electron chi connectivity index (χ0n) is 17.2. The highest BCUT2D eigenvalue weighted by Crippen LogP contribution is 2.34. The van der Waals surface area contributed by atoms with Crippen LogP contribution in [0.15, 0.2) is 48.5 Å². The number of thiazole rings is 1. The summed E-state index contributed by atoms with van der Waals surface area (Å²) < 4.78 is 45.3. The number of carboxylic acids is 1. The van der Waals surface area contributed by atoms with Crippen molar-refractivity contribution in [2.24, 2.45) is 0 Å². The first-order chi connectivity index (χ1) is 15.7. The molecule has 0 fully saturated rings. The molecule has 6 nitrogen and oxygen atoms in total. The lowest BCUT2D eigenvalue weighted by atomic mass is 10.1. The van der Waals surface area contributed by atoms with Gasteiger partial charge in [0.2, 0.25) is 0 Å². The van der Waals surface area contributed by atoms with Gasteiger partial charge in [-0.15, -0.1) is 0 Å². The molecule has 0 saturated carbocycles. The molecule has 170 valence electrons. The number of alkyl halides is 3. The molecular weight excluding hydrogens is 457 g/mol. The Morgan fingerprint density at radius 2 is 1.70 bits per heavy atom. The van der Waals surface area contributed by atoms with E-state index < -0.39 is 28.6 Å². The first kappa shape index (κ1) is 23.8. The lowest BCUT2D eigenvalue weighted by molar-refractivity contribution is -0.304. The van der Waals surface area contributed by atoms with Crippen LogP contribution in [0, 0.1) is 11.8 Å². The predicted molar refractivity (Wildman–Crippen MR) is 112 cm³/mol. The van der Waals surface area contributed by atoms with Crippen molar-refractivity contribution >= 4 is 23.2 Å². The van der Waals surface area contributed by atoms with Gasteiger partial charge < -0.3 is 20.0 Å². The molecule has 0 radical (unpaired) electrons. The minimum atomic E-state index is -4.82. The number of hydrogen-bond donors (Lipinski definition) is 1. The average Bonchev–Trinajstić information content (AvgIpc) is 3.22. The van der Waals surface area contributed by atoms with Crippen LogP contribution < -0.4 is 15.2 Å². The van der Waals surface area contributed by atoms with Gasteiger partial charge in [0, 0.05) is 24.5 Å². The molecule has 3 aromatic rings. The van der Waals surface area contributed by atoms with Gasteiger partial charge in [-0.2, -0.15) is 13.2 Å². The van der Waals surface area contributed by atoms with Crippen molar-refractivity contribution in [2.45, 2.75) is 19.1 Å². The summed E-state index contributed by atoms with van der Waals surface area (Å²) in [6.07, 6.45) is -5.08. The number of benzene rings is 2. The number of carbonyl (C=O) groups is 2. The molecule has 0 spiro atoms. The summed E-state index contributed by atoms with van der Waals surface area (Å²) in [6, 6.07) is 12.8. The minimum Gasteiger partial charge on any atom is -0.550 e. The number of nitrogens with one attached hydrogen (secondary N) is 1. The molecule has 2 aromatic carbocycles. The molecule has 0 saturated heterocycles. The first-order valence-corrected chi connectivity index (χ1v) is 10.3. The summed E-state index contributed by atoms with van der Waals surface area (Å²) in [5.74, 6) is 3.67. The van der Waals surface area contributed by atoms with Crippen molar-refractivity contribution in [3.8, 4) is 17.6 Å². The number of nitrogens with zero attached hydrogens (tertiary/aromatic N) is 1. The van der Waals surface area contributed by atoms with Gasteiger partial charge in [-0.3, -0.25) is 4.79 Å².